The van der Waals surface area contributed by atoms with E-state index in [9.17, 15) is 0 Å². The predicted molar refractivity (Wildman–Crippen MR) is 120 cm³/mol. The number of ether oxygens (including phenoxy) is 1. The summed E-state index contributed by atoms with van der Waals surface area (Å²) < 4.78 is 5.51. The molecule has 0 radical (unpaired) electrons. The molecule has 2 fully saturated rings. The molecule has 1 aromatic rings. The van der Waals surface area contributed by atoms with Crippen LogP contribution in [0.25, 0.3) is 0 Å². The predicted octanol–water partition coefficient (Wildman–Crippen LogP) is 3.64. The van der Waals surface area contributed by atoms with E-state index in [1.54, 1.807) is 7.11 Å². The minimum absolute atomic E-state index is 0. The average molecular weight is 472 g/mol. The van der Waals surface area contributed by atoms with Gasteiger partial charge in [0.2, 0.25) is 0 Å². The van der Waals surface area contributed by atoms with Crippen molar-refractivity contribution in [3.63, 3.8) is 0 Å². The van der Waals surface area contributed by atoms with E-state index in [0.29, 0.717) is 12.0 Å². The Kier molecular flexibility index (Phi) is 8.81. The Morgan fingerprint density at radius 2 is 1.96 bits per heavy atom. The molecule has 1 heterocycles. The van der Waals surface area contributed by atoms with E-state index in [1.807, 2.05) is 19.2 Å². The second-order valence-corrected chi connectivity index (χ2v) is 7.20. The van der Waals surface area contributed by atoms with E-state index in [0.717, 1.165) is 31.3 Å². The van der Waals surface area contributed by atoms with Crippen LogP contribution in [0, 0.1) is 5.92 Å². The Morgan fingerprint density at radius 3 is 2.69 bits per heavy atom. The molecule has 0 spiro atoms. The van der Waals surface area contributed by atoms with Gasteiger partial charge in [0.1, 0.15) is 5.75 Å². The Morgan fingerprint density at radius 1 is 1.19 bits per heavy atom. The molecule has 1 saturated carbocycles. The van der Waals surface area contributed by atoms with Crippen LogP contribution in [-0.4, -0.2) is 45.8 Å². The van der Waals surface area contributed by atoms with Crippen molar-refractivity contribution in [2.75, 3.05) is 38.7 Å². The van der Waals surface area contributed by atoms with Crippen molar-refractivity contribution in [3.05, 3.63) is 24.3 Å². The van der Waals surface area contributed by atoms with Crippen molar-refractivity contribution >= 4 is 35.6 Å². The highest BCUT2D eigenvalue weighted by molar-refractivity contribution is 14.0. The second-order valence-electron chi connectivity index (χ2n) is 7.20. The van der Waals surface area contributed by atoms with Gasteiger partial charge >= 0.3 is 0 Å². The first-order valence-corrected chi connectivity index (χ1v) is 9.65. The number of halogens is 1. The first kappa shape index (κ1) is 21.1. The van der Waals surface area contributed by atoms with Gasteiger partial charge in [0.15, 0.2) is 5.96 Å². The van der Waals surface area contributed by atoms with Gasteiger partial charge in [-0.3, -0.25) is 4.99 Å². The fourth-order valence-electron chi connectivity index (χ4n) is 3.99. The summed E-state index contributed by atoms with van der Waals surface area (Å²) in [6.07, 6.45) is 7.80. The van der Waals surface area contributed by atoms with Gasteiger partial charge in [0, 0.05) is 32.7 Å². The number of guanidine groups is 1. The van der Waals surface area contributed by atoms with Crippen LogP contribution in [0.2, 0.25) is 0 Å². The summed E-state index contributed by atoms with van der Waals surface area (Å²) in [5.41, 5.74) is 1.21. The number of hydrogen-bond donors (Lipinski definition) is 2. The van der Waals surface area contributed by atoms with Gasteiger partial charge in [-0.25, -0.2) is 0 Å². The monoisotopic (exact) mass is 472 g/mol. The normalized spacial score (nSPS) is 21.2. The first-order chi connectivity index (χ1) is 12.3. The lowest BCUT2D eigenvalue weighted by molar-refractivity contribution is 0.408. The summed E-state index contributed by atoms with van der Waals surface area (Å²) >= 11 is 0. The number of rotatable bonds is 5. The average Bonchev–Trinajstić information content (AvgIpc) is 3.14. The van der Waals surface area contributed by atoms with E-state index < -0.39 is 0 Å². The van der Waals surface area contributed by atoms with Crippen LogP contribution >= 0.6 is 24.0 Å². The summed E-state index contributed by atoms with van der Waals surface area (Å²) in [5, 5.41) is 7.14. The van der Waals surface area contributed by atoms with Gasteiger partial charge in [-0.05, 0) is 37.3 Å². The number of nitrogens with zero attached hydrogens (tertiary/aromatic N) is 2. The molecule has 5 nitrogen and oxygen atoms in total. The number of anilines is 1. The van der Waals surface area contributed by atoms with Gasteiger partial charge in [0.05, 0.1) is 12.8 Å². The van der Waals surface area contributed by atoms with Crippen LogP contribution < -0.4 is 20.3 Å². The van der Waals surface area contributed by atoms with Crippen LogP contribution in [0.4, 0.5) is 5.69 Å². The summed E-state index contributed by atoms with van der Waals surface area (Å²) in [4.78, 5) is 6.84. The molecule has 26 heavy (non-hydrogen) atoms. The van der Waals surface area contributed by atoms with Gasteiger partial charge in [0.25, 0.3) is 0 Å². The number of benzene rings is 1. The van der Waals surface area contributed by atoms with Gasteiger partial charge < -0.3 is 20.3 Å². The maximum Gasteiger partial charge on any atom is 0.191 e. The fourth-order valence-corrected chi connectivity index (χ4v) is 3.99. The molecule has 2 N–H and O–H groups in total. The zero-order valence-corrected chi connectivity index (χ0v) is 18.4. The molecular weight excluding hydrogens is 439 g/mol. The SMILES string of the molecule is CN=C(NCC1CCN(c2ccccc2OC)C1)NC1CCCCC1.I. The highest BCUT2D eigenvalue weighted by Gasteiger charge is 2.25. The van der Waals surface area contributed by atoms with Crippen LogP contribution in [0.1, 0.15) is 38.5 Å². The Labute approximate surface area is 175 Å². The molecule has 6 heteroatoms. The Balaban J connectivity index is 0.00000243. The summed E-state index contributed by atoms with van der Waals surface area (Å²) in [5.74, 6) is 2.56. The summed E-state index contributed by atoms with van der Waals surface area (Å²) in [6.45, 7) is 3.12. The maximum atomic E-state index is 5.51. The largest absolute Gasteiger partial charge is 0.495 e. The van der Waals surface area contributed by atoms with Crippen LogP contribution in [-0.2, 0) is 0 Å². The van der Waals surface area contributed by atoms with E-state index >= 15 is 0 Å². The van der Waals surface area contributed by atoms with Gasteiger partial charge in [-0.1, -0.05) is 31.4 Å². The molecule has 1 saturated heterocycles. The minimum Gasteiger partial charge on any atom is -0.495 e. The molecule has 0 bridgehead atoms. The fraction of sp³-hybridized carbons (Fsp3) is 0.650. The van der Waals surface area contributed by atoms with Crippen molar-refractivity contribution < 1.29 is 4.74 Å². The summed E-state index contributed by atoms with van der Waals surface area (Å²) in [7, 11) is 3.61. The molecule has 1 aliphatic carbocycles. The number of aliphatic imine (C=N–C) groups is 1. The highest BCUT2D eigenvalue weighted by Crippen LogP contribution is 2.31. The van der Waals surface area contributed by atoms with Crippen molar-refractivity contribution in [1.82, 2.24) is 10.6 Å². The van der Waals surface area contributed by atoms with E-state index in [1.165, 1.54) is 44.2 Å². The summed E-state index contributed by atoms with van der Waals surface area (Å²) in [6, 6.07) is 8.89. The molecule has 2 aliphatic rings. The Bertz CT molecular complexity index is 575. The third-order valence-electron chi connectivity index (χ3n) is 5.44. The standard InChI is InChI=1S/C20H32N4O.HI/c1-21-20(23-17-8-4-3-5-9-17)22-14-16-12-13-24(15-16)18-10-6-7-11-19(18)25-2;/h6-7,10-11,16-17H,3-5,8-9,12-15H2,1-2H3,(H2,21,22,23);1H. The molecule has 1 aliphatic heterocycles. The van der Waals surface area contributed by atoms with Crippen molar-refractivity contribution in [2.24, 2.45) is 10.9 Å². The third-order valence-corrected chi connectivity index (χ3v) is 5.44. The van der Waals surface area contributed by atoms with Crippen LogP contribution in [0.5, 0.6) is 5.75 Å². The smallest absolute Gasteiger partial charge is 0.191 e. The number of methoxy groups -OCH3 is 1. The number of para-hydroxylation sites is 2. The maximum absolute atomic E-state index is 5.51. The molecule has 146 valence electrons. The zero-order valence-electron chi connectivity index (χ0n) is 16.0. The van der Waals surface area contributed by atoms with E-state index in [-0.39, 0.29) is 24.0 Å². The van der Waals surface area contributed by atoms with Gasteiger partial charge in [-0.2, -0.15) is 0 Å². The minimum atomic E-state index is 0. The molecule has 0 amide bonds. The molecule has 3 rings (SSSR count). The van der Waals surface area contributed by atoms with Crippen molar-refractivity contribution in [3.8, 4) is 5.75 Å². The molecule has 0 aromatic heterocycles. The Hall–Kier alpha value is -1.18. The van der Waals surface area contributed by atoms with E-state index in [2.05, 4.69) is 32.7 Å². The molecule has 1 atom stereocenters. The van der Waals surface area contributed by atoms with E-state index in [4.69, 9.17) is 4.74 Å². The molecule has 1 aromatic carbocycles. The zero-order chi connectivity index (χ0) is 17.5. The van der Waals surface area contributed by atoms with Crippen LogP contribution in [0.3, 0.4) is 0 Å². The van der Waals surface area contributed by atoms with Gasteiger partial charge in [-0.15, -0.1) is 24.0 Å². The lowest BCUT2D eigenvalue weighted by Crippen LogP contribution is -2.45. The number of nitrogens with one attached hydrogen (secondary N) is 2. The molecule has 1 unspecified atom stereocenters. The number of hydrogen-bond acceptors (Lipinski definition) is 3. The third kappa shape index (κ3) is 5.66. The highest BCUT2D eigenvalue weighted by atomic mass is 127. The second kappa shape index (κ2) is 10.8. The quantitative estimate of drug-likeness (QED) is 0.391. The molecular formula is C20H33IN4O. The topological polar surface area (TPSA) is 48.9 Å². The van der Waals surface area contributed by atoms with Crippen molar-refractivity contribution in [2.45, 2.75) is 44.6 Å². The first-order valence-electron chi connectivity index (χ1n) is 9.65. The van der Waals surface area contributed by atoms with Crippen LogP contribution in [0.15, 0.2) is 29.3 Å². The van der Waals surface area contributed by atoms with Crippen molar-refractivity contribution in [1.29, 1.82) is 0 Å². The lowest BCUT2D eigenvalue weighted by atomic mass is 9.96. The lowest BCUT2D eigenvalue weighted by Gasteiger charge is -2.25.